The topological polar surface area (TPSA) is 64.4 Å². The molecule has 5 heteroatoms. The van der Waals surface area contributed by atoms with Crippen LogP contribution in [0.15, 0.2) is 42.5 Å². The molecule has 1 N–H and O–H groups in total. The van der Waals surface area contributed by atoms with E-state index in [9.17, 15) is 10.1 Å². The van der Waals surface area contributed by atoms with Crippen LogP contribution in [0.25, 0.3) is 0 Å². The van der Waals surface area contributed by atoms with Gasteiger partial charge < -0.3 is 10.1 Å². The first kappa shape index (κ1) is 14.0. The molecule has 0 aliphatic heterocycles. The van der Waals surface area contributed by atoms with E-state index in [-0.39, 0.29) is 11.4 Å². The Morgan fingerprint density at radius 3 is 2.65 bits per heavy atom. The average molecular weight is 272 g/mol. The van der Waals surface area contributed by atoms with E-state index in [0.717, 1.165) is 11.1 Å². The molecule has 2 aromatic carbocycles. The molecule has 0 amide bonds. The second kappa shape index (κ2) is 6.16. The standard InChI is InChI=1S/C15H16N2O3/c1-11-7-8-14(12(9-11)10-16-2)20-15-6-4-3-5-13(15)17(18)19/h3-9,16H,10H2,1-2H3. The maximum Gasteiger partial charge on any atom is 0.311 e. The Hall–Kier alpha value is -2.40. The number of aryl methyl sites for hydroxylation is 1. The van der Waals surface area contributed by atoms with Gasteiger partial charge in [0.2, 0.25) is 5.75 Å². The second-order valence-corrected chi connectivity index (χ2v) is 4.47. The molecule has 0 aromatic heterocycles. The lowest BCUT2D eigenvalue weighted by molar-refractivity contribution is -0.385. The molecule has 20 heavy (non-hydrogen) atoms. The molecular weight excluding hydrogens is 256 g/mol. The molecule has 0 heterocycles. The fourth-order valence-corrected chi connectivity index (χ4v) is 1.95. The van der Waals surface area contributed by atoms with Crippen LogP contribution < -0.4 is 10.1 Å². The molecule has 2 aromatic rings. The van der Waals surface area contributed by atoms with Crippen molar-refractivity contribution >= 4 is 5.69 Å². The fourth-order valence-electron chi connectivity index (χ4n) is 1.95. The number of hydrogen-bond acceptors (Lipinski definition) is 4. The van der Waals surface area contributed by atoms with Crippen LogP contribution in [0.1, 0.15) is 11.1 Å². The summed E-state index contributed by atoms with van der Waals surface area (Å²) >= 11 is 0. The summed E-state index contributed by atoms with van der Waals surface area (Å²) < 4.78 is 5.73. The van der Waals surface area contributed by atoms with Crippen LogP contribution in [0.2, 0.25) is 0 Å². The van der Waals surface area contributed by atoms with E-state index in [1.165, 1.54) is 6.07 Å². The highest BCUT2D eigenvalue weighted by atomic mass is 16.6. The van der Waals surface area contributed by atoms with Gasteiger partial charge in [-0.25, -0.2) is 0 Å². The largest absolute Gasteiger partial charge is 0.450 e. The van der Waals surface area contributed by atoms with Crippen LogP contribution in [-0.4, -0.2) is 12.0 Å². The van der Waals surface area contributed by atoms with Gasteiger partial charge in [0, 0.05) is 18.2 Å². The van der Waals surface area contributed by atoms with E-state index >= 15 is 0 Å². The number of rotatable bonds is 5. The third kappa shape index (κ3) is 3.13. The van der Waals surface area contributed by atoms with Crippen molar-refractivity contribution in [2.75, 3.05) is 7.05 Å². The number of para-hydroxylation sites is 2. The van der Waals surface area contributed by atoms with Crippen LogP contribution in [0.4, 0.5) is 5.69 Å². The van der Waals surface area contributed by atoms with Crippen molar-refractivity contribution in [2.45, 2.75) is 13.5 Å². The Morgan fingerprint density at radius 1 is 1.20 bits per heavy atom. The van der Waals surface area contributed by atoms with Gasteiger partial charge in [-0.15, -0.1) is 0 Å². The van der Waals surface area contributed by atoms with E-state index in [4.69, 9.17) is 4.74 Å². The third-order valence-corrected chi connectivity index (χ3v) is 2.87. The monoisotopic (exact) mass is 272 g/mol. The molecule has 5 nitrogen and oxygen atoms in total. The Morgan fingerprint density at radius 2 is 1.95 bits per heavy atom. The smallest absolute Gasteiger partial charge is 0.311 e. The molecule has 2 rings (SSSR count). The number of hydrogen-bond donors (Lipinski definition) is 1. The molecule has 0 fully saturated rings. The number of benzene rings is 2. The van der Waals surface area contributed by atoms with Crippen LogP contribution in [0.5, 0.6) is 11.5 Å². The molecule has 0 spiro atoms. The molecule has 0 unspecified atom stereocenters. The lowest BCUT2D eigenvalue weighted by Crippen LogP contribution is -2.07. The Kier molecular flexibility index (Phi) is 4.32. The fraction of sp³-hybridized carbons (Fsp3) is 0.200. The molecule has 0 radical (unpaired) electrons. The van der Waals surface area contributed by atoms with Crippen molar-refractivity contribution in [1.29, 1.82) is 0 Å². The number of nitrogens with one attached hydrogen (secondary N) is 1. The molecular formula is C15H16N2O3. The average Bonchev–Trinajstić information content (AvgIpc) is 2.42. The Labute approximate surface area is 117 Å². The van der Waals surface area contributed by atoms with Crippen LogP contribution in [0.3, 0.4) is 0 Å². The lowest BCUT2D eigenvalue weighted by atomic mass is 10.1. The second-order valence-electron chi connectivity index (χ2n) is 4.47. The summed E-state index contributed by atoms with van der Waals surface area (Å²) in [6, 6.07) is 12.1. The van der Waals surface area contributed by atoms with Gasteiger partial charge in [0.05, 0.1) is 4.92 Å². The first-order chi connectivity index (χ1) is 9.61. The maximum atomic E-state index is 11.0. The van der Waals surface area contributed by atoms with E-state index < -0.39 is 4.92 Å². The minimum absolute atomic E-state index is 0.0384. The molecule has 0 saturated carbocycles. The van der Waals surface area contributed by atoms with Gasteiger partial charge in [-0.3, -0.25) is 10.1 Å². The van der Waals surface area contributed by atoms with Gasteiger partial charge >= 0.3 is 5.69 Å². The summed E-state index contributed by atoms with van der Waals surface area (Å²) in [7, 11) is 1.84. The highest BCUT2D eigenvalue weighted by Crippen LogP contribution is 2.32. The van der Waals surface area contributed by atoms with Gasteiger partial charge in [-0.2, -0.15) is 0 Å². The van der Waals surface area contributed by atoms with Gasteiger partial charge in [-0.05, 0) is 26.1 Å². The lowest BCUT2D eigenvalue weighted by Gasteiger charge is -2.12. The molecule has 0 aliphatic rings. The first-order valence-corrected chi connectivity index (χ1v) is 6.27. The van der Waals surface area contributed by atoms with Crippen LogP contribution >= 0.6 is 0 Å². The summed E-state index contributed by atoms with van der Waals surface area (Å²) in [5.74, 6) is 0.873. The summed E-state index contributed by atoms with van der Waals surface area (Å²) in [5, 5.41) is 14.1. The highest BCUT2D eigenvalue weighted by molar-refractivity contribution is 5.49. The number of nitro benzene ring substituents is 1. The van der Waals surface area contributed by atoms with E-state index in [1.807, 2.05) is 32.2 Å². The van der Waals surface area contributed by atoms with Crippen LogP contribution in [-0.2, 0) is 6.54 Å². The zero-order valence-electron chi connectivity index (χ0n) is 11.4. The van der Waals surface area contributed by atoms with Gasteiger partial charge in [0.25, 0.3) is 0 Å². The van der Waals surface area contributed by atoms with Crippen molar-refractivity contribution in [2.24, 2.45) is 0 Å². The maximum absolute atomic E-state index is 11.0. The van der Waals surface area contributed by atoms with Crippen molar-refractivity contribution < 1.29 is 9.66 Å². The van der Waals surface area contributed by atoms with Crippen molar-refractivity contribution in [3.63, 3.8) is 0 Å². The minimum Gasteiger partial charge on any atom is -0.450 e. The van der Waals surface area contributed by atoms with E-state index in [1.54, 1.807) is 18.2 Å². The minimum atomic E-state index is -0.443. The van der Waals surface area contributed by atoms with E-state index in [0.29, 0.717) is 12.3 Å². The summed E-state index contributed by atoms with van der Waals surface area (Å²) in [5.41, 5.74) is 2.04. The molecule has 0 saturated heterocycles. The predicted molar refractivity (Wildman–Crippen MR) is 77.1 cm³/mol. The predicted octanol–water partition coefficient (Wildman–Crippen LogP) is 3.41. The van der Waals surface area contributed by atoms with E-state index in [2.05, 4.69) is 5.32 Å². The molecule has 0 aliphatic carbocycles. The number of nitro groups is 1. The zero-order valence-corrected chi connectivity index (χ0v) is 11.4. The van der Waals surface area contributed by atoms with Gasteiger partial charge in [0.15, 0.2) is 0 Å². The Bertz CT molecular complexity index is 626. The first-order valence-electron chi connectivity index (χ1n) is 6.27. The number of ether oxygens (including phenoxy) is 1. The third-order valence-electron chi connectivity index (χ3n) is 2.87. The van der Waals surface area contributed by atoms with Crippen molar-refractivity contribution in [3.8, 4) is 11.5 Å². The van der Waals surface area contributed by atoms with Crippen molar-refractivity contribution in [3.05, 3.63) is 63.7 Å². The quantitative estimate of drug-likeness (QED) is 0.669. The molecule has 0 bridgehead atoms. The summed E-state index contributed by atoms with van der Waals surface area (Å²) in [4.78, 5) is 10.5. The van der Waals surface area contributed by atoms with Crippen LogP contribution in [0, 0.1) is 17.0 Å². The summed E-state index contributed by atoms with van der Waals surface area (Å²) in [6.07, 6.45) is 0. The van der Waals surface area contributed by atoms with Crippen molar-refractivity contribution in [1.82, 2.24) is 5.32 Å². The molecule has 104 valence electrons. The zero-order chi connectivity index (χ0) is 14.5. The van der Waals surface area contributed by atoms with Gasteiger partial charge in [-0.1, -0.05) is 29.8 Å². The molecule has 0 atom stereocenters. The Balaban J connectivity index is 2.37. The summed E-state index contributed by atoms with van der Waals surface area (Å²) in [6.45, 7) is 2.63. The highest BCUT2D eigenvalue weighted by Gasteiger charge is 2.15. The SMILES string of the molecule is CNCc1cc(C)ccc1Oc1ccccc1[N+](=O)[O-]. The van der Waals surface area contributed by atoms with Gasteiger partial charge in [0.1, 0.15) is 5.75 Å². The normalized spacial score (nSPS) is 10.3. The number of nitrogens with zero attached hydrogens (tertiary/aromatic N) is 1.